The largest absolute Gasteiger partial charge is 0.494 e. The van der Waals surface area contributed by atoms with E-state index in [0.29, 0.717) is 43.6 Å². The van der Waals surface area contributed by atoms with Crippen LogP contribution in [0.15, 0.2) is 53.4 Å². The van der Waals surface area contributed by atoms with Crippen molar-refractivity contribution in [2.24, 2.45) is 0 Å². The average molecular weight is 449 g/mol. The molecule has 0 aliphatic carbocycles. The van der Waals surface area contributed by atoms with Gasteiger partial charge in [0.2, 0.25) is 10.0 Å². The van der Waals surface area contributed by atoms with Crippen LogP contribution in [0.2, 0.25) is 0 Å². The van der Waals surface area contributed by atoms with Gasteiger partial charge in [-0.25, -0.2) is 8.42 Å². The molecule has 1 aliphatic rings. The molecule has 0 atom stereocenters. The highest BCUT2D eigenvalue weighted by Gasteiger charge is 2.30. The van der Waals surface area contributed by atoms with Crippen LogP contribution in [0.1, 0.15) is 13.8 Å². The second-order valence-corrected chi connectivity index (χ2v) is 8.80. The first kappa shape index (κ1) is 22.9. The van der Waals surface area contributed by atoms with Crippen molar-refractivity contribution in [1.82, 2.24) is 9.21 Å². The third kappa shape index (κ3) is 5.68. The molecular weight excluding hydrogens is 420 g/mol. The maximum atomic E-state index is 12.9. The Morgan fingerprint density at radius 2 is 1.42 bits per heavy atom. The number of hydrogen-bond donors (Lipinski definition) is 0. The van der Waals surface area contributed by atoms with Gasteiger partial charge in [0.25, 0.3) is 5.91 Å². The van der Waals surface area contributed by atoms with Crippen molar-refractivity contribution >= 4 is 15.9 Å². The van der Waals surface area contributed by atoms with Crippen LogP contribution in [0.4, 0.5) is 0 Å². The van der Waals surface area contributed by atoms with Crippen LogP contribution >= 0.6 is 0 Å². The molecule has 1 fully saturated rings. The zero-order valence-electron chi connectivity index (χ0n) is 17.8. The number of nitrogens with zero attached hydrogens (tertiary/aromatic N) is 2. The van der Waals surface area contributed by atoms with Gasteiger partial charge in [-0.3, -0.25) is 4.79 Å². The summed E-state index contributed by atoms with van der Waals surface area (Å²) in [5.41, 5.74) is 0. The van der Waals surface area contributed by atoms with Crippen molar-refractivity contribution in [3.8, 4) is 17.2 Å². The van der Waals surface area contributed by atoms with E-state index in [2.05, 4.69) is 0 Å². The van der Waals surface area contributed by atoms with Gasteiger partial charge in [0.1, 0.15) is 5.75 Å². The number of ether oxygens (including phenoxy) is 3. The summed E-state index contributed by atoms with van der Waals surface area (Å²) in [5.74, 6) is 1.53. The molecule has 0 spiro atoms. The van der Waals surface area contributed by atoms with Crippen LogP contribution < -0.4 is 14.2 Å². The SMILES string of the molecule is CCOc1ccc(S(=O)(=O)N2CCN(C(=O)COc3ccccc3OCC)CC2)cc1. The third-order valence-corrected chi connectivity index (χ3v) is 6.78. The van der Waals surface area contributed by atoms with Crippen LogP contribution in [-0.2, 0) is 14.8 Å². The van der Waals surface area contributed by atoms with Gasteiger partial charge in [-0.2, -0.15) is 4.31 Å². The van der Waals surface area contributed by atoms with E-state index in [1.165, 1.54) is 4.31 Å². The van der Waals surface area contributed by atoms with E-state index in [4.69, 9.17) is 14.2 Å². The number of piperazine rings is 1. The van der Waals surface area contributed by atoms with Crippen molar-refractivity contribution in [3.63, 3.8) is 0 Å². The Bertz CT molecular complexity index is 970. The number of hydrogen-bond acceptors (Lipinski definition) is 6. The van der Waals surface area contributed by atoms with Crippen LogP contribution in [0, 0.1) is 0 Å². The second kappa shape index (κ2) is 10.5. The van der Waals surface area contributed by atoms with Crippen molar-refractivity contribution < 1.29 is 27.4 Å². The molecule has 0 bridgehead atoms. The molecular formula is C22H28N2O6S. The third-order valence-electron chi connectivity index (χ3n) is 4.86. The van der Waals surface area contributed by atoms with Gasteiger partial charge in [0.15, 0.2) is 18.1 Å². The van der Waals surface area contributed by atoms with Crippen LogP contribution in [0.5, 0.6) is 17.2 Å². The minimum absolute atomic E-state index is 0.129. The van der Waals surface area contributed by atoms with Crippen molar-refractivity contribution in [1.29, 1.82) is 0 Å². The van der Waals surface area contributed by atoms with E-state index in [9.17, 15) is 13.2 Å². The molecule has 0 saturated carbocycles. The number of sulfonamides is 1. The van der Waals surface area contributed by atoms with Gasteiger partial charge in [-0.1, -0.05) is 12.1 Å². The minimum Gasteiger partial charge on any atom is -0.494 e. The smallest absolute Gasteiger partial charge is 0.260 e. The molecule has 1 aliphatic heterocycles. The number of para-hydroxylation sites is 2. The Hall–Kier alpha value is -2.78. The molecule has 1 saturated heterocycles. The molecule has 168 valence electrons. The first-order valence-corrected chi connectivity index (χ1v) is 11.7. The molecule has 0 aromatic heterocycles. The summed E-state index contributed by atoms with van der Waals surface area (Å²) in [5, 5.41) is 0. The Balaban J connectivity index is 1.54. The van der Waals surface area contributed by atoms with Gasteiger partial charge in [-0.05, 0) is 50.2 Å². The summed E-state index contributed by atoms with van der Waals surface area (Å²) in [6.07, 6.45) is 0. The lowest BCUT2D eigenvalue weighted by Gasteiger charge is -2.34. The van der Waals surface area contributed by atoms with Gasteiger partial charge in [0.05, 0.1) is 18.1 Å². The van der Waals surface area contributed by atoms with Crippen LogP contribution in [0.25, 0.3) is 0 Å². The molecule has 0 unspecified atom stereocenters. The summed E-state index contributed by atoms with van der Waals surface area (Å²) < 4.78 is 43.7. The highest BCUT2D eigenvalue weighted by atomic mass is 32.2. The van der Waals surface area contributed by atoms with E-state index in [-0.39, 0.29) is 30.5 Å². The number of carbonyl (C=O) groups is 1. The molecule has 31 heavy (non-hydrogen) atoms. The normalized spacial score (nSPS) is 14.8. The van der Waals surface area contributed by atoms with E-state index in [1.807, 2.05) is 26.0 Å². The summed E-state index contributed by atoms with van der Waals surface area (Å²) >= 11 is 0. The molecule has 2 aromatic carbocycles. The zero-order chi connectivity index (χ0) is 22.3. The van der Waals surface area contributed by atoms with E-state index < -0.39 is 10.0 Å². The number of carbonyl (C=O) groups excluding carboxylic acids is 1. The minimum atomic E-state index is -3.62. The summed E-state index contributed by atoms with van der Waals surface area (Å²) in [7, 11) is -3.62. The molecule has 0 radical (unpaired) electrons. The monoisotopic (exact) mass is 448 g/mol. The predicted octanol–water partition coefficient (Wildman–Crippen LogP) is 2.40. The Morgan fingerprint density at radius 3 is 2.00 bits per heavy atom. The first-order chi connectivity index (χ1) is 15.0. The molecule has 9 heteroatoms. The maximum absolute atomic E-state index is 12.9. The topological polar surface area (TPSA) is 85.4 Å². The Morgan fingerprint density at radius 1 is 0.839 bits per heavy atom. The van der Waals surface area contributed by atoms with E-state index in [1.54, 1.807) is 41.3 Å². The van der Waals surface area contributed by atoms with Gasteiger partial charge in [0, 0.05) is 26.2 Å². The fourth-order valence-electron chi connectivity index (χ4n) is 3.28. The Labute approximate surface area is 183 Å². The summed E-state index contributed by atoms with van der Waals surface area (Å²) in [6.45, 7) is 5.72. The zero-order valence-corrected chi connectivity index (χ0v) is 18.6. The summed E-state index contributed by atoms with van der Waals surface area (Å²) in [4.78, 5) is 14.4. The van der Waals surface area contributed by atoms with Crippen molar-refractivity contribution in [2.75, 3.05) is 46.0 Å². The molecule has 2 aromatic rings. The number of amides is 1. The molecule has 1 amide bonds. The average Bonchev–Trinajstić information content (AvgIpc) is 2.79. The fraction of sp³-hybridized carbons (Fsp3) is 0.409. The highest BCUT2D eigenvalue weighted by molar-refractivity contribution is 7.89. The lowest BCUT2D eigenvalue weighted by Crippen LogP contribution is -2.51. The maximum Gasteiger partial charge on any atom is 0.260 e. The highest BCUT2D eigenvalue weighted by Crippen LogP contribution is 2.26. The van der Waals surface area contributed by atoms with Crippen LogP contribution in [-0.4, -0.2) is 69.5 Å². The van der Waals surface area contributed by atoms with Gasteiger partial charge < -0.3 is 19.1 Å². The second-order valence-electron chi connectivity index (χ2n) is 6.86. The standard InChI is InChI=1S/C22H28N2O6S/c1-3-28-18-9-11-19(12-10-18)31(26,27)24-15-13-23(14-16-24)22(25)17-30-21-8-6-5-7-20(21)29-4-2/h5-12H,3-4,13-17H2,1-2H3. The van der Waals surface area contributed by atoms with Gasteiger partial charge >= 0.3 is 0 Å². The molecule has 1 heterocycles. The predicted molar refractivity (Wildman–Crippen MR) is 116 cm³/mol. The van der Waals surface area contributed by atoms with Crippen LogP contribution in [0.3, 0.4) is 0 Å². The van der Waals surface area contributed by atoms with Gasteiger partial charge in [-0.15, -0.1) is 0 Å². The summed E-state index contributed by atoms with van der Waals surface area (Å²) in [6, 6.07) is 13.6. The van der Waals surface area contributed by atoms with Crippen molar-refractivity contribution in [2.45, 2.75) is 18.7 Å². The lowest BCUT2D eigenvalue weighted by atomic mass is 10.3. The molecule has 8 nitrogen and oxygen atoms in total. The van der Waals surface area contributed by atoms with Crippen molar-refractivity contribution in [3.05, 3.63) is 48.5 Å². The first-order valence-electron chi connectivity index (χ1n) is 10.3. The lowest BCUT2D eigenvalue weighted by molar-refractivity contribution is -0.134. The van der Waals surface area contributed by atoms with E-state index >= 15 is 0 Å². The number of benzene rings is 2. The Kier molecular flexibility index (Phi) is 7.75. The molecule has 3 rings (SSSR count). The molecule has 0 N–H and O–H groups in total. The fourth-order valence-corrected chi connectivity index (χ4v) is 4.70. The van der Waals surface area contributed by atoms with E-state index in [0.717, 1.165) is 0 Å². The quantitative estimate of drug-likeness (QED) is 0.586. The number of rotatable bonds is 9.